The Morgan fingerprint density at radius 2 is 1.84 bits per heavy atom. The summed E-state index contributed by atoms with van der Waals surface area (Å²) in [7, 11) is 0. The molecule has 0 spiro atoms. The first-order valence-corrected chi connectivity index (χ1v) is 8.38. The fourth-order valence-corrected chi connectivity index (χ4v) is 3.72. The fourth-order valence-electron chi connectivity index (χ4n) is 3.72. The van der Waals surface area contributed by atoms with Gasteiger partial charge in [-0.25, -0.2) is 13.8 Å². The lowest BCUT2D eigenvalue weighted by Gasteiger charge is -2.10. The zero-order valence-electron chi connectivity index (χ0n) is 13.5. The largest absolute Gasteiger partial charge is 0.327 e. The Morgan fingerprint density at radius 3 is 2.72 bits per heavy atom. The Balaban J connectivity index is 1.72. The molecule has 5 heteroatoms. The molecule has 0 fully saturated rings. The summed E-state index contributed by atoms with van der Waals surface area (Å²) in [5.74, 6) is -0.683. The summed E-state index contributed by atoms with van der Waals surface area (Å²) >= 11 is 0. The highest BCUT2D eigenvalue weighted by Crippen LogP contribution is 2.37. The predicted molar refractivity (Wildman–Crippen MR) is 92.6 cm³/mol. The Morgan fingerprint density at radius 1 is 0.960 bits per heavy atom. The number of aryl methyl sites for hydroxylation is 1. The van der Waals surface area contributed by atoms with Gasteiger partial charge in [-0.15, -0.1) is 0 Å². The highest BCUT2D eigenvalue weighted by molar-refractivity contribution is 5.87. The average molecular weight is 335 g/mol. The van der Waals surface area contributed by atoms with Gasteiger partial charge in [0.2, 0.25) is 0 Å². The standard InChI is InChI=1S/C20H15F2N3/c21-16-6-5-12(9-17(16)22)19-20(25-7-1-2-18(25)24-19)13-3-4-14-10-23-11-15(14)8-13/h3-6,8-10H,1-2,7,11H2. The van der Waals surface area contributed by atoms with Crippen molar-refractivity contribution in [2.24, 2.45) is 4.99 Å². The van der Waals surface area contributed by atoms with E-state index in [2.05, 4.69) is 27.8 Å². The molecule has 124 valence electrons. The minimum atomic E-state index is -0.848. The Hall–Kier alpha value is -2.82. The molecule has 3 nitrogen and oxygen atoms in total. The van der Waals surface area contributed by atoms with E-state index in [9.17, 15) is 8.78 Å². The third-order valence-corrected chi connectivity index (χ3v) is 4.93. The summed E-state index contributed by atoms with van der Waals surface area (Å²) in [4.78, 5) is 9.05. The molecular formula is C20H15F2N3. The molecule has 0 amide bonds. The van der Waals surface area contributed by atoms with E-state index in [0.29, 0.717) is 17.8 Å². The number of halogens is 2. The van der Waals surface area contributed by atoms with Crippen LogP contribution in [0, 0.1) is 11.6 Å². The third-order valence-electron chi connectivity index (χ3n) is 4.93. The van der Waals surface area contributed by atoms with E-state index in [4.69, 9.17) is 4.98 Å². The van der Waals surface area contributed by atoms with Crippen LogP contribution in [0.1, 0.15) is 23.4 Å². The minimum Gasteiger partial charge on any atom is -0.327 e. The van der Waals surface area contributed by atoms with Crippen LogP contribution >= 0.6 is 0 Å². The molecule has 0 atom stereocenters. The maximum absolute atomic E-state index is 13.8. The first-order chi connectivity index (χ1) is 12.2. The number of rotatable bonds is 2. The summed E-state index contributed by atoms with van der Waals surface area (Å²) in [5, 5.41) is 0. The van der Waals surface area contributed by atoms with Crippen LogP contribution in [0.5, 0.6) is 0 Å². The summed E-state index contributed by atoms with van der Waals surface area (Å²) in [5.41, 5.74) is 5.67. The van der Waals surface area contributed by atoms with Crippen LogP contribution in [0.15, 0.2) is 41.4 Å². The number of imidazole rings is 1. The molecule has 2 aromatic carbocycles. The van der Waals surface area contributed by atoms with Gasteiger partial charge in [0.05, 0.1) is 17.9 Å². The summed E-state index contributed by atoms with van der Waals surface area (Å²) in [6.45, 7) is 1.58. The molecule has 0 aliphatic carbocycles. The van der Waals surface area contributed by atoms with Crippen LogP contribution in [0.2, 0.25) is 0 Å². The Labute approximate surface area is 143 Å². The number of hydrogen-bond acceptors (Lipinski definition) is 2. The molecule has 5 rings (SSSR count). The molecule has 2 aliphatic rings. The topological polar surface area (TPSA) is 30.2 Å². The smallest absolute Gasteiger partial charge is 0.159 e. The van der Waals surface area contributed by atoms with Crippen molar-refractivity contribution in [1.82, 2.24) is 9.55 Å². The number of hydrogen-bond donors (Lipinski definition) is 0. The first kappa shape index (κ1) is 14.5. The monoisotopic (exact) mass is 335 g/mol. The zero-order chi connectivity index (χ0) is 17.0. The fraction of sp³-hybridized carbons (Fsp3) is 0.200. The summed E-state index contributed by atoms with van der Waals surface area (Å²) < 4.78 is 29.3. The number of benzene rings is 2. The van der Waals surface area contributed by atoms with Crippen molar-refractivity contribution >= 4 is 6.21 Å². The minimum absolute atomic E-state index is 0.604. The summed E-state index contributed by atoms with van der Waals surface area (Å²) in [6.07, 6.45) is 3.85. The highest BCUT2D eigenvalue weighted by atomic mass is 19.2. The van der Waals surface area contributed by atoms with Gasteiger partial charge in [-0.3, -0.25) is 4.99 Å². The van der Waals surface area contributed by atoms with Crippen LogP contribution in [0.25, 0.3) is 22.5 Å². The lowest BCUT2D eigenvalue weighted by molar-refractivity contribution is 0.509. The number of nitrogens with zero attached hydrogens (tertiary/aromatic N) is 3. The van der Waals surface area contributed by atoms with Crippen molar-refractivity contribution in [1.29, 1.82) is 0 Å². The maximum Gasteiger partial charge on any atom is 0.159 e. The van der Waals surface area contributed by atoms with E-state index in [1.165, 1.54) is 11.6 Å². The van der Waals surface area contributed by atoms with Crippen molar-refractivity contribution in [2.75, 3.05) is 0 Å². The van der Waals surface area contributed by atoms with E-state index in [0.717, 1.165) is 48.1 Å². The molecule has 3 aromatic rings. The molecule has 0 radical (unpaired) electrons. The van der Waals surface area contributed by atoms with Gasteiger partial charge in [0.25, 0.3) is 0 Å². The SMILES string of the molecule is Fc1ccc(-c2nc3n(c2-c2ccc4c(c2)CN=C4)CCC3)cc1F. The van der Waals surface area contributed by atoms with Crippen LogP contribution in [-0.2, 0) is 19.5 Å². The predicted octanol–water partition coefficient (Wildman–Crippen LogP) is 4.37. The lowest BCUT2D eigenvalue weighted by atomic mass is 10.0. The average Bonchev–Trinajstić information content (AvgIpc) is 3.31. The van der Waals surface area contributed by atoms with E-state index in [1.54, 1.807) is 6.07 Å². The van der Waals surface area contributed by atoms with Crippen molar-refractivity contribution in [3.8, 4) is 22.5 Å². The second-order valence-electron chi connectivity index (χ2n) is 6.49. The molecule has 0 bridgehead atoms. The second kappa shape index (κ2) is 5.34. The van der Waals surface area contributed by atoms with Crippen LogP contribution in [0.4, 0.5) is 8.78 Å². The second-order valence-corrected chi connectivity index (χ2v) is 6.49. The zero-order valence-corrected chi connectivity index (χ0v) is 13.5. The summed E-state index contributed by atoms with van der Waals surface area (Å²) in [6, 6.07) is 10.2. The van der Waals surface area contributed by atoms with Crippen molar-refractivity contribution in [3.63, 3.8) is 0 Å². The van der Waals surface area contributed by atoms with Crippen LogP contribution < -0.4 is 0 Å². The number of aliphatic imine (C=N–C) groups is 1. The maximum atomic E-state index is 13.8. The van der Waals surface area contributed by atoms with Crippen LogP contribution in [0.3, 0.4) is 0 Å². The van der Waals surface area contributed by atoms with Gasteiger partial charge in [-0.1, -0.05) is 12.1 Å². The van der Waals surface area contributed by atoms with Gasteiger partial charge in [0.15, 0.2) is 11.6 Å². The van der Waals surface area contributed by atoms with Crippen molar-refractivity contribution in [3.05, 3.63) is 65.0 Å². The van der Waals surface area contributed by atoms with E-state index >= 15 is 0 Å². The van der Waals surface area contributed by atoms with Crippen molar-refractivity contribution in [2.45, 2.75) is 25.9 Å². The van der Waals surface area contributed by atoms with E-state index in [-0.39, 0.29) is 0 Å². The van der Waals surface area contributed by atoms with Gasteiger partial charge in [0.1, 0.15) is 5.82 Å². The highest BCUT2D eigenvalue weighted by Gasteiger charge is 2.24. The lowest BCUT2D eigenvalue weighted by Crippen LogP contribution is -1.98. The van der Waals surface area contributed by atoms with Gasteiger partial charge in [-0.2, -0.15) is 0 Å². The van der Waals surface area contributed by atoms with Gasteiger partial charge < -0.3 is 4.57 Å². The molecule has 2 aliphatic heterocycles. The van der Waals surface area contributed by atoms with E-state index < -0.39 is 11.6 Å². The Bertz CT molecular complexity index is 1030. The molecular weight excluding hydrogens is 320 g/mol. The van der Waals surface area contributed by atoms with Crippen molar-refractivity contribution < 1.29 is 8.78 Å². The van der Waals surface area contributed by atoms with Gasteiger partial charge in [-0.05, 0) is 41.8 Å². The number of fused-ring (bicyclic) bond motifs is 2. The normalized spacial score (nSPS) is 14.8. The van der Waals surface area contributed by atoms with E-state index in [1.807, 2.05) is 6.21 Å². The van der Waals surface area contributed by atoms with Gasteiger partial charge >= 0.3 is 0 Å². The first-order valence-electron chi connectivity index (χ1n) is 8.38. The Kier molecular flexibility index (Phi) is 3.10. The molecule has 0 unspecified atom stereocenters. The molecule has 0 saturated carbocycles. The molecule has 3 heterocycles. The number of aromatic nitrogens is 2. The molecule has 0 N–H and O–H groups in total. The third kappa shape index (κ3) is 2.22. The molecule has 1 aromatic heterocycles. The molecule has 0 saturated heterocycles. The quantitative estimate of drug-likeness (QED) is 0.684. The van der Waals surface area contributed by atoms with Crippen LogP contribution in [-0.4, -0.2) is 15.8 Å². The molecule has 25 heavy (non-hydrogen) atoms. The van der Waals surface area contributed by atoms with Gasteiger partial charge in [0, 0.05) is 30.3 Å².